The molecule has 2 aromatic rings. The first-order valence-corrected chi connectivity index (χ1v) is 11.4. The predicted octanol–water partition coefficient (Wildman–Crippen LogP) is 6.34. The van der Waals surface area contributed by atoms with E-state index in [1.165, 1.54) is 11.8 Å². The molecule has 0 saturated heterocycles. The number of hydrogen-bond acceptors (Lipinski definition) is 6. The lowest BCUT2D eigenvalue weighted by molar-refractivity contribution is -0.139. The van der Waals surface area contributed by atoms with Gasteiger partial charge in [0, 0.05) is 21.8 Å². The Balaban J connectivity index is 1.63. The van der Waals surface area contributed by atoms with Gasteiger partial charge in [-0.1, -0.05) is 53.2 Å². The number of benzene rings is 2. The Morgan fingerprint density at radius 1 is 1.23 bits per heavy atom. The number of halogens is 2. The van der Waals surface area contributed by atoms with Crippen LogP contribution in [0.5, 0.6) is 5.75 Å². The van der Waals surface area contributed by atoms with Crippen LogP contribution in [0, 0.1) is 0 Å². The fourth-order valence-corrected chi connectivity index (χ4v) is 4.73. The van der Waals surface area contributed by atoms with E-state index in [1.807, 2.05) is 53.8 Å². The number of ether oxygens (including phenoxy) is 2. The van der Waals surface area contributed by atoms with Gasteiger partial charge < -0.3 is 14.4 Å². The van der Waals surface area contributed by atoms with Crippen molar-refractivity contribution in [2.75, 3.05) is 6.61 Å². The van der Waals surface area contributed by atoms with Crippen molar-refractivity contribution in [3.05, 3.63) is 86.5 Å². The quantitative estimate of drug-likeness (QED) is 0.457. The van der Waals surface area contributed by atoms with E-state index in [1.54, 1.807) is 19.1 Å². The van der Waals surface area contributed by atoms with Gasteiger partial charge in [-0.25, -0.2) is 9.79 Å². The van der Waals surface area contributed by atoms with E-state index >= 15 is 0 Å². The van der Waals surface area contributed by atoms with Crippen molar-refractivity contribution in [3.8, 4) is 5.75 Å². The van der Waals surface area contributed by atoms with Gasteiger partial charge in [-0.05, 0) is 49.1 Å². The maximum atomic E-state index is 12.8. The van der Waals surface area contributed by atoms with E-state index in [9.17, 15) is 4.79 Å². The van der Waals surface area contributed by atoms with E-state index in [0.717, 1.165) is 16.3 Å². The predicted molar refractivity (Wildman–Crippen MR) is 125 cm³/mol. The van der Waals surface area contributed by atoms with Gasteiger partial charge in [0.05, 0.1) is 23.9 Å². The second kappa shape index (κ2) is 9.39. The second-order valence-corrected chi connectivity index (χ2v) is 8.64. The molecule has 2 heterocycles. The van der Waals surface area contributed by atoms with Crippen LogP contribution >= 0.6 is 35.0 Å². The summed E-state index contributed by atoms with van der Waals surface area (Å²) in [6, 6.07) is 12.7. The fourth-order valence-electron chi connectivity index (χ4n) is 3.47. The summed E-state index contributed by atoms with van der Waals surface area (Å²) in [4.78, 5) is 19.3. The van der Waals surface area contributed by atoms with E-state index in [2.05, 4.69) is 4.99 Å². The van der Waals surface area contributed by atoms with E-state index < -0.39 is 0 Å². The zero-order chi connectivity index (χ0) is 22.0. The molecular weight excluding hydrogens is 455 g/mol. The molecule has 0 aliphatic carbocycles. The maximum absolute atomic E-state index is 12.8. The first-order chi connectivity index (χ1) is 15.0. The Morgan fingerprint density at radius 2 is 2.06 bits per heavy atom. The van der Waals surface area contributed by atoms with Gasteiger partial charge in [-0.2, -0.15) is 0 Å². The highest BCUT2D eigenvalue weighted by atomic mass is 35.5. The minimum absolute atomic E-state index is 0.300. The third-order valence-corrected chi connectivity index (χ3v) is 6.26. The van der Waals surface area contributed by atoms with Crippen molar-refractivity contribution in [1.29, 1.82) is 0 Å². The molecule has 0 fully saturated rings. The highest BCUT2D eigenvalue weighted by Gasteiger charge is 2.37. The standard InChI is InChI=1S/C23H20Cl2N2O3S/c1-3-29-22(28)20-14(2)26-23-27(9-10-31-23)21(20)15-5-4-6-18(11-15)30-13-16-7-8-17(24)12-19(16)25/h4-12,21H,3,13H2,1-2H3. The van der Waals surface area contributed by atoms with Gasteiger partial charge in [-0.15, -0.1) is 0 Å². The molecule has 31 heavy (non-hydrogen) atoms. The number of rotatable bonds is 6. The SMILES string of the molecule is CCOC(=O)C1=C(C)N=C2SC=CN2C1c1cccc(OCc2ccc(Cl)cc2Cl)c1. The average Bonchev–Trinajstić information content (AvgIpc) is 3.20. The summed E-state index contributed by atoms with van der Waals surface area (Å²) < 4.78 is 11.3. The Kier molecular flexibility index (Phi) is 6.60. The number of hydrogen-bond donors (Lipinski definition) is 0. The van der Waals surface area contributed by atoms with E-state index in [-0.39, 0.29) is 12.0 Å². The summed E-state index contributed by atoms with van der Waals surface area (Å²) in [5.41, 5.74) is 2.92. The lowest BCUT2D eigenvalue weighted by Crippen LogP contribution is -2.34. The minimum atomic E-state index is -0.364. The first-order valence-electron chi connectivity index (χ1n) is 9.73. The van der Waals surface area contributed by atoms with Crippen LogP contribution in [0.15, 0.2) is 70.3 Å². The molecule has 0 radical (unpaired) electrons. The highest BCUT2D eigenvalue weighted by molar-refractivity contribution is 8.16. The molecule has 0 N–H and O–H groups in total. The molecule has 0 saturated carbocycles. The minimum Gasteiger partial charge on any atom is -0.489 e. The summed E-state index contributed by atoms with van der Waals surface area (Å²) in [5.74, 6) is 0.307. The number of allylic oxidation sites excluding steroid dienone is 1. The van der Waals surface area contributed by atoms with Crippen molar-refractivity contribution in [2.24, 2.45) is 4.99 Å². The summed E-state index contributed by atoms with van der Waals surface area (Å²) in [5, 5.41) is 3.92. The van der Waals surface area contributed by atoms with Crippen LogP contribution in [0.1, 0.15) is 31.0 Å². The maximum Gasteiger partial charge on any atom is 0.338 e. The topological polar surface area (TPSA) is 51.1 Å². The van der Waals surface area contributed by atoms with Crippen LogP contribution in [0.3, 0.4) is 0 Å². The molecule has 1 atom stereocenters. The van der Waals surface area contributed by atoms with E-state index in [0.29, 0.717) is 40.3 Å². The summed E-state index contributed by atoms with van der Waals surface area (Å²) in [7, 11) is 0. The molecule has 0 amide bonds. The summed E-state index contributed by atoms with van der Waals surface area (Å²) in [6.07, 6.45) is 1.93. The van der Waals surface area contributed by atoms with Crippen LogP contribution in [0.25, 0.3) is 0 Å². The van der Waals surface area contributed by atoms with Crippen molar-refractivity contribution in [2.45, 2.75) is 26.5 Å². The molecule has 2 aliphatic heterocycles. The van der Waals surface area contributed by atoms with Crippen molar-refractivity contribution < 1.29 is 14.3 Å². The summed E-state index contributed by atoms with van der Waals surface area (Å²) >= 11 is 13.7. The Hall–Kier alpha value is -2.41. The van der Waals surface area contributed by atoms with Gasteiger partial charge in [0.1, 0.15) is 12.4 Å². The van der Waals surface area contributed by atoms with Crippen molar-refractivity contribution in [1.82, 2.24) is 4.90 Å². The number of aliphatic imine (C=N–C) groups is 1. The third-order valence-electron chi connectivity index (χ3n) is 4.90. The molecule has 0 aromatic heterocycles. The molecular formula is C23H20Cl2N2O3S. The number of nitrogens with zero attached hydrogens (tertiary/aromatic N) is 2. The molecule has 4 rings (SSSR count). The van der Waals surface area contributed by atoms with Crippen molar-refractivity contribution >= 4 is 46.1 Å². The number of fused-ring (bicyclic) bond motifs is 1. The first kappa shape index (κ1) is 21.8. The largest absolute Gasteiger partial charge is 0.489 e. The van der Waals surface area contributed by atoms with Crippen LogP contribution in [-0.4, -0.2) is 22.6 Å². The molecule has 160 valence electrons. The molecule has 2 aliphatic rings. The molecule has 0 spiro atoms. The normalized spacial score (nSPS) is 17.5. The zero-order valence-corrected chi connectivity index (χ0v) is 19.3. The Bertz CT molecular complexity index is 1110. The van der Waals surface area contributed by atoms with Crippen molar-refractivity contribution in [3.63, 3.8) is 0 Å². The van der Waals surface area contributed by atoms with Gasteiger partial charge in [-0.3, -0.25) is 0 Å². The molecule has 5 nitrogen and oxygen atoms in total. The lowest BCUT2D eigenvalue weighted by atomic mass is 9.94. The average molecular weight is 475 g/mol. The molecule has 1 unspecified atom stereocenters. The zero-order valence-electron chi connectivity index (χ0n) is 17.0. The van der Waals surface area contributed by atoms with Crippen LogP contribution < -0.4 is 4.74 Å². The molecule has 0 bridgehead atoms. The fraction of sp³-hybridized carbons (Fsp3) is 0.217. The molecule has 8 heteroatoms. The van der Waals surface area contributed by atoms with Gasteiger partial charge in [0.2, 0.25) is 0 Å². The smallest absolute Gasteiger partial charge is 0.338 e. The monoisotopic (exact) mass is 474 g/mol. The highest BCUT2D eigenvalue weighted by Crippen LogP contribution is 2.41. The molecule has 2 aromatic carbocycles. The third kappa shape index (κ3) is 4.61. The number of thioether (sulfide) groups is 1. The van der Waals surface area contributed by atoms with Gasteiger partial charge in [0.25, 0.3) is 0 Å². The second-order valence-electron chi connectivity index (χ2n) is 6.92. The summed E-state index contributed by atoms with van der Waals surface area (Å²) in [6.45, 7) is 4.23. The van der Waals surface area contributed by atoms with Gasteiger partial charge in [0.15, 0.2) is 5.17 Å². The Labute approximate surface area is 195 Å². The van der Waals surface area contributed by atoms with E-state index in [4.69, 9.17) is 32.7 Å². The Morgan fingerprint density at radius 3 is 2.84 bits per heavy atom. The number of esters is 1. The van der Waals surface area contributed by atoms with Crippen LogP contribution in [-0.2, 0) is 16.1 Å². The lowest BCUT2D eigenvalue weighted by Gasteiger charge is -2.33. The number of amidine groups is 1. The van der Waals surface area contributed by atoms with Gasteiger partial charge >= 0.3 is 5.97 Å². The van der Waals surface area contributed by atoms with Crippen LogP contribution in [0.4, 0.5) is 0 Å². The number of carbonyl (C=O) groups is 1. The number of carbonyl (C=O) groups excluding carboxylic acids is 1. The van der Waals surface area contributed by atoms with Crippen LogP contribution in [0.2, 0.25) is 10.0 Å².